The summed E-state index contributed by atoms with van der Waals surface area (Å²) in [6, 6.07) is 12.6. The van der Waals surface area contributed by atoms with Crippen molar-refractivity contribution < 1.29 is 4.39 Å². The Morgan fingerprint density at radius 3 is 2.30 bits per heavy atom. The van der Waals surface area contributed by atoms with E-state index in [9.17, 15) is 4.39 Å². The van der Waals surface area contributed by atoms with E-state index in [0.717, 1.165) is 11.1 Å². The van der Waals surface area contributed by atoms with Crippen LogP contribution >= 0.6 is 11.6 Å². The van der Waals surface area contributed by atoms with Crippen molar-refractivity contribution in [3.8, 4) is 0 Å². The van der Waals surface area contributed by atoms with Crippen LogP contribution in [0.5, 0.6) is 0 Å². The zero-order valence-corrected chi connectivity index (χ0v) is 12.5. The highest BCUT2D eigenvalue weighted by atomic mass is 35.5. The van der Waals surface area contributed by atoms with Crippen LogP contribution in [0.25, 0.3) is 0 Å². The van der Waals surface area contributed by atoms with Crippen molar-refractivity contribution in [1.29, 1.82) is 0 Å². The molecule has 2 aromatic rings. The van der Waals surface area contributed by atoms with Gasteiger partial charge in [-0.25, -0.2) is 4.39 Å². The molecule has 2 aromatic carbocycles. The van der Waals surface area contributed by atoms with E-state index in [1.165, 1.54) is 17.7 Å². The van der Waals surface area contributed by atoms with Crippen LogP contribution in [-0.4, -0.2) is 0 Å². The van der Waals surface area contributed by atoms with E-state index in [2.05, 4.69) is 38.1 Å². The summed E-state index contributed by atoms with van der Waals surface area (Å²) < 4.78 is 13.0. The summed E-state index contributed by atoms with van der Waals surface area (Å²) in [5.41, 5.74) is 9.41. The lowest BCUT2D eigenvalue weighted by Crippen LogP contribution is -2.14. The summed E-state index contributed by atoms with van der Waals surface area (Å²) in [5.74, 6) is 0.177. The fourth-order valence-electron chi connectivity index (χ4n) is 2.20. The van der Waals surface area contributed by atoms with Crippen molar-refractivity contribution >= 4 is 11.6 Å². The normalized spacial score (nSPS) is 12.7. The molecule has 0 aliphatic carbocycles. The lowest BCUT2D eigenvalue weighted by molar-refractivity contribution is 0.624. The van der Waals surface area contributed by atoms with Crippen LogP contribution in [0.15, 0.2) is 42.5 Å². The van der Waals surface area contributed by atoms with E-state index in [0.29, 0.717) is 17.4 Å². The molecule has 1 unspecified atom stereocenters. The monoisotopic (exact) mass is 291 g/mol. The van der Waals surface area contributed by atoms with Gasteiger partial charge in [0.05, 0.1) is 0 Å². The van der Waals surface area contributed by atoms with Crippen LogP contribution in [0, 0.1) is 5.82 Å². The van der Waals surface area contributed by atoms with Crippen molar-refractivity contribution in [1.82, 2.24) is 0 Å². The maximum absolute atomic E-state index is 13.0. The highest BCUT2D eigenvalue weighted by Crippen LogP contribution is 2.25. The fourth-order valence-corrected chi connectivity index (χ4v) is 2.51. The van der Waals surface area contributed by atoms with E-state index in [1.807, 2.05) is 0 Å². The van der Waals surface area contributed by atoms with Crippen LogP contribution in [-0.2, 0) is 6.42 Å². The first-order valence-corrected chi connectivity index (χ1v) is 7.14. The third kappa shape index (κ3) is 3.59. The first kappa shape index (κ1) is 15.0. The molecule has 20 heavy (non-hydrogen) atoms. The molecule has 3 heteroatoms. The molecule has 0 spiro atoms. The number of nitrogens with two attached hydrogens (primary N) is 1. The minimum Gasteiger partial charge on any atom is -0.324 e. The molecule has 0 fully saturated rings. The number of hydrogen-bond donors (Lipinski definition) is 1. The first-order valence-electron chi connectivity index (χ1n) is 6.76. The van der Waals surface area contributed by atoms with Gasteiger partial charge in [-0.3, -0.25) is 0 Å². The Morgan fingerprint density at radius 1 is 1.10 bits per heavy atom. The molecule has 0 heterocycles. The fraction of sp³-hybridized carbons (Fsp3) is 0.294. The summed E-state index contributed by atoms with van der Waals surface area (Å²) in [4.78, 5) is 0. The Hall–Kier alpha value is -1.38. The van der Waals surface area contributed by atoms with Crippen LogP contribution in [0.2, 0.25) is 5.02 Å². The van der Waals surface area contributed by atoms with E-state index in [4.69, 9.17) is 17.3 Å². The zero-order chi connectivity index (χ0) is 14.7. The summed E-state index contributed by atoms with van der Waals surface area (Å²) in [6.07, 6.45) is 0.684. The van der Waals surface area contributed by atoms with Crippen molar-refractivity contribution in [2.75, 3.05) is 0 Å². The second kappa shape index (κ2) is 6.38. The van der Waals surface area contributed by atoms with Gasteiger partial charge in [0.15, 0.2) is 0 Å². The highest BCUT2D eigenvalue weighted by molar-refractivity contribution is 6.31. The molecule has 0 saturated heterocycles. The Labute approximate surface area is 124 Å². The third-order valence-electron chi connectivity index (χ3n) is 3.46. The van der Waals surface area contributed by atoms with Crippen molar-refractivity contribution in [3.63, 3.8) is 0 Å². The van der Waals surface area contributed by atoms with Gasteiger partial charge in [-0.1, -0.05) is 55.8 Å². The Morgan fingerprint density at radius 2 is 1.75 bits per heavy atom. The van der Waals surface area contributed by atoms with Crippen molar-refractivity contribution in [2.24, 2.45) is 5.73 Å². The Bertz CT molecular complexity index is 578. The zero-order valence-electron chi connectivity index (χ0n) is 11.7. The number of hydrogen-bond acceptors (Lipinski definition) is 1. The molecule has 0 aliphatic rings. The second-order valence-electron chi connectivity index (χ2n) is 5.37. The van der Waals surface area contributed by atoms with E-state index in [-0.39, 0.29) is 11.9 Å². The van der Waals surface area contributed by atoms with Gasteiger partial charge < -0.3 is 5.73 Å². The molecule has 1 atom stereocenters. The van der Waals surface area contributed by atoms with E-state index >= 15 is 0 Å². The summed E-state index contributed by atoms with van der Waals surface area (Å²) in [7, 11) is 0. The third-order valence-corrected chi connectivity index (χ3v) is 3.79. The molecule has 2 rings (SSSR count). The Kier molecular flexibility index (Phi) is 4.79. The second-order valence-corrected chi connectivity index (χ2v) is 5.78. The van der Waals surface area contributed by atoms with E-state index < -0.39 is 0 Å². The van der Waals surface area contributed by atoms with Gasteiger partial charge in [-0.2, -0.15) is 0 Å². The number of rotatable bonds is 4. The maximum Gasteiger partial charge on any atom is 0.124 e. The van der Waals surface area contributed by atoms with Gasteiger partial charge in [0.1, 0.15) is 5.82 Å². The molecule has 1 nitrogen and oxygen atoms in total. The molecule has 0 radical (unpaired) electrons. The lowest BCUT2D eigenvalue weighted by Gasteiger charge is -2.14. The number of halogens is 2. The maximum atomic E-state index is 13.0. The van der Waals surface area contributed by atoms with Crippen molar-refractivity contribution in [3.05, 3.63) is 70.0 Å². The van der Waals surface area contributed by atoms with Gasteiger partial charge in [0.2, 0.25) is 0 Å². The van der Waals surface area contributed by atoms with Crippen LogP contribution < -0.4 is 5.73 Å². The lowest BCUT2D eigenvalue weighted by atomic mass is 9.96. The molecule has 0 aliphatic heterocycles. The highest BCUT2D eigenvalue weighted by Gasteiger charge is 2.12. The number of benzene rings is 2. The largest absolute Gasteiger partial charge is 0.324 e. The predicted octanol–water partition coefficient (Wildman–Crippen LogP) is 4.85. The van der Waals surface area contributed by atoms with Gasteiger partial charge in [-0.15, -0.1) is 0 Å². The van der Waals surface area contributed by atoms with Gasteiger partial charge >= 0.3 is 0 Å². The molecular weight excluding hydrogens is 273 g/mol. The average Bonchev–Trinajstić information content (AvgIpc) is 2.39. The Balaban J connectivity index is 2.12. The first-order chi connectivity index (χ1) is 9.47. The van der Waals surface area contributed by atoms with Crippen molar-refractivity contribution in [2.45, 2.75) is 32.2 Å². The molecule has 0 aromatic heterocycles. The summed E-state index contributed by atoms with van der Waals surface area (Å²) in [6.45, 7) is 4.33. The van der Waals surface area contributed by atoms with Crippen LogP contribution in [0.3, 0.4) is 0 Å². The topological polar surface area (TPSA) is 26.0 Å². The average molecular weight is 292 g/mol. The van der Waals surface area contributed by atoms with Crippen LogP contribution in [0.1, 0.15) is 42.5 Å². The minimum absolute atomic E-state index is 0.229. The molecule has 106 valence electrons. The quantitative estimate of drug-likeness (QED) is 0.856. The minimum atomic E-state index is -0.341. The molecule has 0 amide bonds. The van der Waals surface area contributed by atoms with E-state index in [1.54, 1.807) is 6.07 Å². The molecular formula is C17H19ClFN. The van der Waals surface area contributed by atoms with Crippen LogP contribution in [0.4, 0.5) is 4.39 Å². The SMILES string of the molecule is CC(C)c1ccc(CC(N)c2ccc(F)cc2Cl)cc1. The van der Waals surface area contributed by atoms with Gasteiger partial charge in [-0.05, 0) is 41.2 Å². The molecule has 0 bridgehead atoms. The summed E-state index contributed by atoms with van der Waals surface area (Å²) >= 11 is 6.04. The standard InChI is InChI=1S/C17H19ClFN/c1-11(2)13-5-3-12(4-6-13)9-17(20)15-8-7-14(19)10-16(15)18/h3-8,10-11,17H,9,20H2,1-2H3. The summed E-state index contributed by atoms with van der Waals surface area (Å²) in [5, 5.41) is 0.385. The molecule has 2 N–H and O–H groups in total. The van der Waals surface area contributed by atoms with Gasteiger partial charge in [0.25, 0.3) is 0 Å². The molecule has 0 saturated carbocycles. The van der Waals surface area contributed by atoms with Gasteiger partial charge in [0, 0.05) is 11.1 Å². The predicted molar refractivity (Wildman–Crippen MR) is 82.6 cm³/mol. The smallest absolute Gasteiger partial charge is 0.124 e.